The number of hydrogen-bond acceptors (Lipinski definition) is 2. The number of allylic oxidation sites excluding steroid dienone is 1. The maximum atomic E-state index is 12.1. The molecule has 18 heavy (non-hydrogen) atoms. The summed E-state index contributed by atoms with van der Waals surface area (Å²) in [6, 6.07) is 11.5. The smallest absolute Gasteiger partial charge is 0.258 e. The summed E-state index contributed by atoms with van der Waals surface area (Å²) in [4.78, 5) is 13.7. The van der Waals surface area contributed by atoms with Crippen LogP contribution < -0.4 is 4.90 Å². The first-order valence-corrected chi connectivity index (χ1v) is 5.64. The van der Waals surface area contributed by atoms with Gasteiger partial charge in [-0.1, -0.05) is 18.2 Å². The zero-order chi connectivity index (χ0) is 12.7. The molecular formula is C15H10N2O. The van der Waals surface area contributed by atoms with Crippen molar-refractivity contribution >= 4 is 28.4 Å². The Balaban J connectivity index is 2.39. The first kappa shape index (κ1) is 10.5. The normalized spacial score (nSPS) is 13.6. The molecule has 2 aromatic carbocycles. The molecule has 1 heterocycles. The van der Waals surface area contributed by atoms with Crippen molar-refractivity contribution < 1.29 is 4.79 Å². The van der Waals surface area contributed by atoms with Crippen LogP contribution in [-0.2, 0) is 0 Å². The van der Waals surface area contributed by atoms with Gasteiger partial charge in [0, 0.05) is 24.1 Å². The van der Waals surface area contributed by atoms with E-state index >= 15 is 0 Å². The molecule has 1 amide bonds. The summed E-state index contributed by atoms with van der Waals surface area (Å²) in [5, 5.41) is 10.6. The van der Waals surface area contributed by atoms with Crippen LogP contribution in [0.1, 0.15) is 15.9 Å². The lowest BCUT2D eigenvalue weighted by Crippen LogP contribution is -2.20. The van der Waals surface area contributed by atoms with Crippen LogP contribution in [0, 0.1) is 11.3 Å². The Bertz CT molecular complexity index is 738. The highest BCUT2D eigenvalue weighted by molar-refractivity contribution is 6.25. The molecular weight excluding hydrogens is 224 g/mol. The molecule has 1 aliphatic rings. The van der Waals surface area contributed by atoms with Gasteiger partial charge in [-0.25, -0.2) is 0 Å². The Morgan fingerprint density at radius 3 is 2.89 bits per heavy atom. The lowest BCUT2D eigenvalue weighted by molar-refractivity contribution is 0.0999. The number of nitriles is 1. The highest BCUT2D eigenvalue weighted by atomic mass is 16.2. The second kappa shape index (κ2) is 3.71. The molecule has 2 aromatic rings. The van der Waals surface area contributed by atoms with E-state index in [0.717, 1.165) is 27.6 Å². The van der Waals surface area contributed by atoms with E-state index in [4.69, 9.17) is 5.26 Å². The molecule has 3 nitrogen and oxygen atoms in total. The van der Waals surface area contributed by atoms with Crippen LogP contribution >= 0.6 is 0 Å². The lowest BCUT2D eigenvalue weighted by atomic mass is 10.0. The number of anilines is 1. The number of carbonyl (C=O) groups excluding carboxylic acids is 1. The van der Waals surface area contributed by atoms with Crippen molar-refractivity contribution in [3.63, 3.8) is 0 Å². The molecule has 0 aliphatic carbocycles. The molecule has 0 N–H and O–H groups in total. The third-order valence-electron chi connectivity index (χ3n) is 3.29. The fourth-order valence-corrected chi connectivity index (χ4v) is 2.43. The van der Waals surface area contributed by atoms with Gasteiger partial charge in [-0.15, -0.1) is 0 Å². The van der Waals surface area contributed by atoms with Crippen LogP contribution in [0.3, 0.4) is 0 Å². The molecule has 0 atom stereocenters. The Labute approximate surface area is 105 Å². The minimum atomic E-state index is 0.0250. The molecule has 0 fully saturated rings. The summed E-state index contributed by atoms with van der Waals surface area (Å²) in [5.41, 5.74) is 2.62. The van der Waals surface area contributed by atoms with Crippen LogP contribution in [0.4, 0.5) is 5.69 Å². The van der Waals surface area contributed by atoms with Crippen molar-refractivity contribution in [3.05, 3.63) is 47.5 Å². The molecule has 3 heteroatoms. The fraction of sp³-hybridized carbons (Fsp3) is 0.0667. The predicted octanol–water partition coefficient (Wildman–Crippen LogP) is 2.97. The first-order chi connectivity index (χ1) is 8.74. The topological polar surface area (TPSA) is 44.1 Å². The number of hydrogen-bond donors (Lipinski definition) is 0. The second-order valence-corrected chi connectivity index (χ2v) is 4.23. The van der Waals surface area contributed by atoms with Crippen LogP contribution in [0.25, 0.3) is 16.8 Å². The second-order valence-electron chi connectivity index (χ2n) is 4.23. The van der Waals surface area contributed by atoms with Gasteiger partial charge in [0.2, 0.25) is 0 Å². The number of nitrogens with zero attached hydrogens (tertiary/aromatic N) is 2. The van der Waals surface area contributed by atoms with Gasteiger partial charge in [0.15, 0.2) is 0 Å². The van der Waals surface area contributed by atoms with E-state index in [1.165, 1.54) is 6.08 Å². The third-order valence-corrected chi connectivity index (χ3v) is 3.29. The number of rotatable bonds is 1. The average Bonchev–Trinajstić information content (AvgIpc) is 2.65. The molecule has 3 rings (SSSR count). The molecule has 1 aliphatic heterocycles. The lowest BCUT2D eigenvalue weighted by Gasteiger charge is -2.10. The average molecular weight is 234 g/mol. The molecule has 0 saturated heterocycles. The van der Waals surface area contributed by atoms with Gasteiger partial charge < -0.3 is 4.90 Å². The van der Waals surface area contributed by atoms with Crippen molar-refractivity contribution in [2.45, 2.75) is 0 Å². The summed E-state index contributed by atoms with van der Waals surface area (Å²) >= 11 is 0. The predicted molar refractivity (Wildman–Crippen MR) is 71.3 cm³/mol. The van der Waals surface area contributed by atoms with Gasteiger partial charge >= 0.3 is 0 Å². The summed E-state index contributed by atoms with van der Waals surface area (Å²) in [5.74, 6) is 0.0250. The molecule has 0 bridgehead atoms. The number of amides is 1. The van der Waals surface area contributed by atoms with Crippen LogP contribution in [0.15, 0.2) is 36.4 Å². The zero-order valence-electron chi connectivity index (χ0n) is 9.84. The standard InChI is InChI=1S/C15H10N2O/c1-17-13-8-7-10(4-3-9-16)11-5-2-6-12(14(11)13)15(17)18/h2-8H,1H3/b4-3+. The third kappa shape index (κ3) is 1.26. The number of carbonyl (C=O) groups is 1. The van der Waals surface area contributed by atoms with E-state index < -0.39 is 0 Å². The molecule has 86 valence electrons. The van der Waals surface area contributed by atoms with E-state index in [0.29, 0.717) is 0 Å². The summed E-state index contributed by atoms with van der Waals surface area (Å²) in [6.45, 7) is 0. The van der Waals surface area contributed by atoms with Crippen molar-refractivity contribution in [2.75, 3.05) is 11.9 Å². The van der Waals surface area contributed by atoms with E-state index in [-0.39, 0.29) is 5.91 Å². The van der Waals surface area contributed by atoms with E-state index in [1.807, 2.05) is 36.4 Å². The molecule has 0 spiro atoms. The summed E-state index contributed by atoms with van der Waals surface area (Å²) in [6.07, 6.45) is 3.22. The Morgan fingerprint density at radius 2 is 2.11 bits per heavy atom. The Morgan fingerprint density at radius 1 is 1.28 bits per heavy atom. The van der Waals surface area contributed by atoms with Crippen LogP contribution in [0.2, 0.25) is 0 Å². The summed E-state index contributed by atoms with van der Waals surface area (Å²) in [7, 11) is 1.78. The minimum absolute atomic E-state index is 0.0250. The van der Waals surface area contributed by atoms with Gasteiger partial charge in [0.1, 0.15) is 0 Å². The minimum Gasteiger partial charge on any atom is -0.311 e. The van der Waals surface area contributed by atoms with Gasteiger partial charge in [-0.2, -0.15) is 5.26 Å². The molecule has 0 aromatic heterocycles. The quantitative estimate of drug-likeness (QED) is 0.712. The van der Waals surface area contributed by atoms with E-state index in [9.17, 15) is 4.79 Å². The molecule has 0 radical (unpaired) electrons. The van der Waals surface area contributed by atoms with Gasteiger partial charge in [0.05, 0.1) is 11.8 Å². The number of benzene rings is 2. The van der Waals surface area contributed by atoms with Gasteiger partial charge in [-0.3, -0.25) is 4.79 Å². The Kier molecular flexibility index (Phi) is 2.17. The highest BCUT2D eigenvalue weighted by Gasteiger charge is 2.26. The van der Waals surface area contributed by atoms with E-state index in [2.05, 4.69) is 0 Å². The van der Waals surface area contributed by atoms with Gasteiger partial charge in [-0.05, 0) is 29.2 Å². The van der Waals surface area contributed by atoms with Crippen molar-refractivity contribution in [1.29, 1.82) is 5.26 Å². The van der Waals surface area contributed by atoms with Gasteiger partial charge in [0.25, 0.3) is 5.91 Å². The fourth-order valence-electron chi connectivity index (χ4n) is 2.43. The van der Waals surface area contributed by atoms with Crippen LogP contribution in [-0.4, -0.2) is 13.0 Å². The maximum Gasteiger partial charge on any atom is 0.258 e. The molecule has 0 unspecified atom stereocenters. The summed E-state index contributed by atoms with van der Waals surface area (Å²) < 4.78 is 0. The SMILES string of the molecule is CN1C(=O)c2cccc3c(/C=C/C#N)ccc1c23. The monoisotopic (exact) mass is 234 g/mol. The zero-order valence-corrected chi connectivity index (χ0v) is 9.84. The maximum absolute atomic E-state index is 12.1. The van der Waals surface area contributed by atoms with Crippen molar-refractivity contribution in [2.24, 2.45) is 0 Å². The highest BCUT2D eigenvalue weighted by Crippen LogP contribution is 2.38. The van der Waals surface area contributed by atoms with Crippen LogP contribution in [0.5, 0.6) is 0 Å². The van der Waals surface area contributed by atoms with E-state index in [1.54, 1.807) is 18.0 Å². The Hall–Kier alpha value is -2.60. The van der Waals surface area contributed by atoms with Crippen molar-refractivity contribution in [1.82, 2.24) is 0 Å². The first-order valence-electron chi connectivity index (χ1n) is 5.64. The largest absolute Gasteiger partial charge is 0.311 e. The van der Waals surface area contributed by atoms with Crippen molar-refractivity contribution in [3.8, 4) is 6.07 Å². The molecule has 0 saturated carbocycles.